The van der Waals surface area contributed by atoms with Gasteiger partial charge in [0, 0.05) is 43.7 Å². The highest BCUT2D eigenvalue weighted by Gasteiger charge is 2.41. The summed E-state index contributed by atoms with van der Waals surface area (Å²) in [5.74, 6) is 0.407. The second kappa shape index (κ2) is 11.6. The molecule has 1 atom stereocenters. The second-order valence-corrected chi connectivity index (χ2v) is 10.00. The number of nitrogens with one attached hydrogen (secondary N) is 1. The van der Waals surface area contributed by atoms with Gasteiger partial charge in [-0.05, 0) is 75.4 Å². The maximum absolute atomic E-state index is 13.3. The number of hydrogen-bond acceptors (Lipinski definition) is 4. The number of carbonyl (C=O) groups is 2. The number of likely N-dealkylation sites (tertiary alicyclic amines) is 2. The summed E-state index contributed by atoms with van der Waals surface area (Å²) in [5, 5.41) is 3.22. The number of aryl methyl sites for hydroxylation is 1. The summed E-state index contributed by atoms with van der Waals surface area (Å²) in [6.07, 6.45) is 5.22. The van der Waals surface area contributed by atoms with E-state index in [0.717, 1.165) is 44.5 Å². The fourth-order valence-electron chi connectivity index (χ4n) is 5.04. The molecule has 0 aromatic heterocycles. The van der Waals surface area contributed by atoms with Crippen LogP contribution in [0, 0.1) is 18.2 Å². The van der Waals surface area contributed by atoms with Gasteiger partial charge in [-0.2, -0.15) is 0 Å². The first-order chi connectivity index (χ1) is 16.9. The van der Waals surface area contributed by atoms with Crippen LogP contribution in [0.25, 0.3) is 0 Å². The zero-order valence-corrected chi connectivity index (χ0v) is 20.6. The van der Waals surface area contributed by atoms with Crippen LogP contribution in [0.4, 0.5) is 10.1 Å². The first-order valence-electron chi connectivity index (χ1n) is 12.7. The van der Waals surface area contributed by atoms with Crippen molar-refractivity contribution in [2.24, 2.45) is 5.41 Å². The monoisotopic (exact) mass is 481 g/mol. The molecule has 1 N–H and O–H groups in total. The fraction of sp³-hybridized carbons (Fsp3) is 0.500. The third kappa shape index (κ3) is 6.96. The second-order valence-electron chi connectivity index (χ2n) is 10.00. The van der Waals surface area contributed by atoms with E-state index in [-0.39, 0.29) is 24.2 Å². The van der Waals surface area contributed by atoms with Crippen LogP contribution < -0.4 is 10.1 Å². The Morgan fingerprint density at radius 3 is 2.31 bits per heavy atom. The van der Waals surface area contributed by atoms with Crippen molar-refractivity contribution in [1.82, 2.24) is 9.80 Å². The molecule has 2 aromatic rings. The van der Waals surface area contributed by atoms with E-state index in [1.165, 1.54) is 24.1 Å². The lowest BCUT2D eigenvalue weighted by atomic mass is 9.77. The van der Waals surface area contributed by atoms with Gasteiger partial charge in [0.1, 0.15) is 11.6 Å². The average Bonchev–Trinajstić information content (AvgIpc) is 2.88. The number of piperidine rings is 2. The molecule has 2 aliphatic heterocycles. The number of halogens is 1. The smallest absolute Gasteiger partial charge is 0.241 e. The minimum atomic E-state index is -0.472. The first-order valence-corrected chi connectivity index (χ1v) is 12.7. The van der Waals surface area contributed by atoms with E-state index < -0.39 is 5.41 Å². The van der Waals surface area contributed by atoms with Crippen LogP contribution in [-0.4, -0.2) is 60.9 Å². The largest absolute Gasteiger partial charge is 0.493 e. The molecule has 2 heterocycles. The Morgan fingerprint density at radius 1 is 0.914 bits per heavy atom. The summed E-state index contributed by atoms with van der Waals surface area (Å²) < 4.78 is 19.4. The Kier molecular flexibility index (Phi) is 8.26. The molecule has 0 spiro atoms. The highest BCUT2D eigenvalue weighted by Crippen LogP contribution is 2.36. The molecule has 0 unspecified atom stereocenters. The molecule has 0 radical (unpaired) electrons. The van der Waals surface area contributed by atoms with Gasteiger partial charge >= 0.3 is 0 Å². The fourth-order valence-corrected chi connectivity index (χ4v) is 5.04. The number of ether oxygens (including phenoxy) is 1. The van der Waals surface area contributed by atoms with Crippen LogP contribution >= 0.6 is 0 Å². The van der Waals surface area contributed by atoms with Crippen LogP contribution in [0.3, 0.4) is 0 Å². The molecule has 7 heteroatoms. The molecule has 2 aliphatic rings. The van der Waals surface area contributed by atoms with Gasteiger partial charge in [0.05, 0.1) is 13.2 Å². The summed E-state index contributed by atoms with van der Waals surface area (Å²) >= 11 is 0. The number of nitrogens with zero attached hydrogens (tertiary/aromatic N) is 2. The number of rotatable bonds is 8. The van der Waals surface area contributed by atoms with Gasteiger partial charge in [-0.1, -0.05) is 17.7 Å². The van der Waals surface area contributed by atoms with Gasteiger partial charge in [0.25, 0.3) is 0 Å². The minimum Gasteiger partial charge on any atom is -0.493 e. The molecule has 6 nitrogen and oxygen atoms in total. The van der Waals surface area contributed by atoms with E-state index in [0.29, 0.717) is 31.9 Å². The summed E-state index contributed by atoms with van der Waals surface area (Å²) in [7, 11) is 0. The zero-order valence-electron chi connectivity index (χ0n) is 20.6. The number of hydrogen-bond donors (Lipinski definition) is 1. The Hall–Kier alpha value is -3.09. The van der Waals surface area contributed by atoms with E-state index in [9.17, 15) is 14.0 Å². The molecule has 188 valence electrons. The third-order valence-corrected chi connectivity index (χ3v) is 7.10. The molecule has 2 aromatic carbocycles. The molecule has 4 rings (SSSR count). The summed E-state index contributed by atoms with van der Waals surface area (Å²) in [6, 6.07) is 13.9. The third-order valence-electron chi connectivity index (χ3n) is 7.10. The van der Waals surface area contributed by atoms with Crippen molar-refractivity contribution in [2.75, 3.05) is 44.6 Å². The molecule has 0 bridgehead atoms. The predicted octanol–water partition coefficient (Wildman–Crippen LogP) is 4.64. The highest BCUT2D eigenvalue weighted by molar-refractivity contribution is 5.81. The van der Waals surface area contributed by atoms with Crippen molar-refractivity contribution in [3.05, 3.63) is 59.9 Å². The molecular weight excluding hydrogens is 445 g/mol. The van der Waals surface area contributed by atoms with Crippen LogP contribution in [0.1, 0.15) is 44.1 Å². The van der Waals surface area contributed by atoms with Crippen molar-refractivity contribution in [2.45, 2.75) is 45.4 Å². The lowest BCUT2D eigenvalue weighted by Crippen LogP contribution is -2.52. The molecule has 35 heavy (non-hydrogen) atoms. The number of anilines is 1. The van der Waals surface area contributed by atoms with Crippen LogP contribution in [0.5, 0.6) is 5.75 Å². The van der Waals surface area contributed by atoms with Gasteiger partial charge in [-0.15, -0.1) is 0 Å². The predicted molar refractivity (Wildman–Crippen MR) is 135 cm³/mol. The number of carbonyl (C=O) groups excluding carboxylic acids is 2. The Bertz CT molecular complexity index is 990. The average molecular weight is 482 g/mol. The van der Waals surface area contributed by atoms with E-state index in [1.54, 1.807) is 12.1 Å². The topological polar surface area (TPSA) is 61.9 Å². The molecular formula is C28H36FN3O3. The van der Waals surface area contributed by atoms with Crippen molar-refractivity contribution < 1.29 is 18.7 Å². The quantitative estimate of drug-likeness (QED) is 0.597. The van der Waals surface area contributed by atoms with Crippen LogP contribution in [0.15, 0.2) is 48.5 Å². The zero-order chi connectivity index (χ0) is 24.7. The molecule has 2 saturated heterocycles. The van der Waals surface area contributed by atoms with E-state index >= 15 is 0 Å². The maximum atomic E-state index is 13.3. The number of benzene rings is 2. The lowest BCUT2D eigenvalue weighted by molar-refractivity contribution is -0.141. The standard InChI is InChI=1S/C28H36FN3O3/c1-22-6-10-24(11-7-22)30-19-27(34)32-17-5-14-28(20-32,18-26(33)31-15-3-2-4-16-31)21-35-25-12-8-23(29)9-13-25/h6-13,30H,2-5,14-21H2,1H3/t28-/m0/s1. The molecule has 0 saturated carbocycles. The summed E-state index contributed by atoms with van der Waals surface area (Å²) in [5.41, 5.74) is 1.61. The van der Waals surface area contributed by atoms with Crippen molar-refractivity contribution in [1.29, 1.82) is 0 Å². The normalized spacial score (nSPS) is 20.4. The Balaban J connectivity index is 1.43. The Labute approximate surface area is 207 Å². The van der Waals surface area contributed by atoms with Crippen molar-refractivity contribution in [3.63, 3.8) is 0 Å². The minimum absolute atomic E-state index is 0.0156. The van der Waals surface area contributed by atoms with Crippen LogP contribution in [-0.2, 0) is 9.59 Å². The summed E-state index contributed by atoms with van der Waals surface area (Å²) in [4.78, 5) is 30.2. The van der Waals surface area contributed by atoms with Crippen molar-refractivity contribution in [3.8, 4) is 5.75 Å². The van der Waals surface area contributed by atoms with Gasteiger partial charge in [-0.25, -0.2) is 4.39 Å². The first kappa shape index (κ1) is 25.0. The van der Waals surface area contributed by atoms with Gasteiger partial charge in [0.15, 0.2) is 0 Å². The maximum Gasteiger partial charge on any atom is 0.241 e. The SMILES string of the molecule is Cc1ccc(NCC(=O)N2CCC[C@](COc3ccc(F)cc3)(CC(=O)N3CCCCC3)C2)cc1. The van der Waals surface area contributed by atoms with Gasteiger partial charge < -0.3 is 19.9 Å². The van der Waals surface area contributed by atoms with Crippen molar-refractivity contribution >= 4 is 17.5 Å². The highest BCUT2D eigenvalue weighted by atomic mass is 19.1. The van der Waals surface area contributed by atoms with Gasteiger partial charge in [-0.3, -0.25) is 9.59 Å². The summed E-state index contributed by atoms with van der Waals surface area (Å²) in [6.45, 7) is 5.30. The van der Waals surface area contributed by atoms with E-state index in [2.05, 4.69) is 5.32 Å². The molecule has 0 aliphatic carbocycles. The molecule has 2 fully saturated rings. The van der Waals surface area contributed by atoms with E-state index in [4.69, 9.17) is 4.74 Å². The van der Waals surface area contributed by atoms with Crippen LogP contribution in [0.2, 0.25) is 0 Å². The number of amides is 2. The van der Waals surface area contributed by atoms with E-state index in [1.807, 2.05) is 41.0 Å². The molecule has 2 amide bonds. The lowest BCUT2D eigenvalue weighted by Gasteiger charge is -2.43. The Morgan fingerprint density at radius 2 is 1.60 bits per heavy atom. The van der Waals surface area contributed by atoms with Gasteiger partial charge in [0.2, 0.25) is 11.8 Å².